The monoisotopic (exact) mass is 286 g/mol. The maximum Gasteiger partial charge on any atom is 0.152 e. The van der Waals surface area contributed by atoms with Crippen LogP contribution in [0, 0.1) is 5.92 Å². The molecule has 2 aromatic heterocycles. The van der Waals surface area contributed by atoms with Crippen molar-refractivity contribution in [2.45, 2.75) is 46.2 Å². The number of rotatable bonds is 7. The largest absolute Gasteiger partial charge is 0.352 e. The van der Waals surface area contributed by atoms with E-state index in [0.29, 0.717) is 12.0 Å². The van der Waals surface area contributed by atoms with Crippen molar-refractivity contribution in [2.24, 2.45) is 5.92 Å². The topological polar surface area (TPSA) is 32.6 Å². The van der Waals surface area contributed by atoms with Crippen LogP contribution in [-0.2, 0) is 6.54 Å². The molecule has 2 aromatic rings. The number of nitrogens with one attached hydrogen (secondary N) is 1. The second-order valence-corrected chi connectivity index (χ2v) is 6.35. The van der Waals surface area contributed by atoms with Gasteiger partial charge in [-0.1, -0.05) is 19.9 Å². The van der Waals surface area contributed by atoms with Gasteiger partial charge in [0.1, 0.15) is 5.65 Å². The summed E-state index contributed by atoms with van der Waals surface area (Å²) in [6.45, 7) is 9.66. The normalized spacial score (nSPS) is 15.0. The Labute approximate surface area is 127 Å². The zero-order valence-corrected chi connectivity index (χ0v) is 13.3. The maximum atomic E-state index is 4.89. The number of fused-ring (bicyclic) bond motifs is 1. The summed E-state index contributed by atoms with van der Waals surface area (Å²) in [6.07, 6.45) is 4.74. The minimum Gasteiger partial charge on any atom is -0.352 e. The molecule has 21 heavy (non-hydrogen) atoms. The summed E-state index contributed by atoms with van der Waals surface area (Å²) in [5, 5.41) is 3.57. The number of pyridine rings is 1. The Morgan fingerprint density at radius 3 is 2.86 bits per heavy atom. The van der Waals surface area contributed by atoms with E-state index in [4.69, 9.17) is 4.98 Å². The lowest BCUT2D eigenvalue weighted by Gasteiger charge is -2.22. The third-order valence-corrected chi connectivity index (χ3v) is 4.05. The number of aromatic nitrogens is 2. The van der Waals surface area contributed by atoms with Gasteiger partial charge in [0.15, 0.2) is 5.82 Å². The highest BCUT2D eigenvalue weighted by Crippen LogP contribution is 2.33. The highest BCUT2D eigenvalue weighted by atomic mass is 15.3. The van der Waals surface area contributed by atoms with Gasteiger partial charge in [0.25, 0.3) is 0 Å². The molecule has 0 saturated heterocycles. The van der Waals surface area contributed by atoms with E-state index in [1.807, 2.05) is 0 Å². The zero-order chi connectivity index (χ0) is 14.8. The number of imidazole rings is 1. The van der Waals surface area contributed by atoms with Gasteiger partial charge >= 0.3 is 0 Å². The van der Waals surface area contributed by atoms with E-state index < -0.39 is 0 Å². The fourth-order valence-corrected chi connectivity index (χ4v) is 2.87. The van der Waals surface area contributed by atoms with Crippen molar-refractivity contribution in [3.8, 4) is 0 Å². The molecule has 0 radical (unpaired) electrons. The van der Waals surface area contributed by atoms with Gasteiger partial charge in [0, 0.05) is 25.3 Å². The Morgan fingerprint density at radius 1 is 1.38 bits per heavy atom. The van der Waals surface area contributed by atoms with Crippen LogP contribution in [-0.4, -0.2) is 28.5 Å². The Morgan fingerprint density at radius 2 is 2.19 bits per heavy atom. The van der Waals surface area contributed by atoms with Gasteiger partial charge in [-0.2, -0.15) is 0 Å². The van der Waals surface area contributed by atoms with Gasteiger partial charge in [-0.3, -0.25) is 0 Å². The lowest BCUT2D eigenvalue weighted by atomic mass is 10.2. The summed E-state index contributed by atoms with van der Waals surface area (Å²) in [7, 11) is 0. The predicted octanol–water partition coefficient (Wildman–Crippen LogP) is 3.07. The van der Waals surface area contributed by atoms with Crippen LogP contribution in [0.2, 0.25) is 0 Å². The molecule has 1 aliphatic rings. The van der Waals surface area contributed by atoms with E-state index in [1.54, 1.807) is 0 Å². The van der Waals surface area contributed by atoms with E-state index in [0.717, 1.165) is 25.3 Å². The van der Waals surface area contributed by atoms with Gasteiger partial charge in [-0.15, -0.1) is 0 Å². The Kier molecular flexibility index (Phi) is 4.15. The summed E-state index contributed by atoms with van der Waals surface area (Å²) in [5.41, 5.74) is 2.34. The first-order chi connectivity index (χ1) is 10.2. The SMILES string of the molecule is CCN(c1nc2ccccn2c1CNCC(C)C)C1CC1. The third kappa shape index (κ3) is 3.05. The molecule has 0 atom stereocenters. The minimum atomic E-state index is 0.665. The molecule has 0 unspecified atom stereocenters. The average molecular weight is 286 g/mol. The predicted molar refractivity (Wildman–Crippen MR) is 87.8 cm³/mol. The number of hydrogen-bond donors (Lipinski definition) is 1. The molecule has 0 aliphatic heterocycles. The second kappa shape index (κ2) is 6.06. The lowest BCUT2D eigenvalue weighted by molar-refractivity contribution is 0.546. The molecular weight excluding hydrogens is 260 g/mol. The number of anilines is 1. The van der Waals surface area contributed by atoms with Crippen LogP contribution in [0.1, 0.15) is 39.3 Å². The highest BCUT2D eigenvalue weighted by Gasteiger charge is 2.31. The summed E-state index contributed by atoms with van der Waals surface area (Å²) >= 11 is 0. The zero-order valence-electron chi connectivity index (χ0n) is 13.3. The summed E-state index contributed by atoms with van der Waals surface area (Å²) in [4.78, 5) is 7.36. The van der Waals surface area contributed by atoms with Crippen LogP contribution < -0.4 is 10.2 Å². The Bertz CT molecular complexity index is 598. The van der Waals surface area contributed by atoms with E-state index in [9.17, 15) is 0 Å². The fourth-order valence-electron chi connectivity index (χ4n) is 2.87. The van der Waals surface area contributed by atoms with Gasteiger partial charge in [-0.05, 0) is 44.4 Å². The van der Waals surface area contributed by atoms with Gasteiger partial charge in [0.05, 0.1) is 5.69 Å². The van der Waals surface area contributed by atoms with Crippen LogP contribution >= 0.6 is 0 Å². The van der Waals surface area contributed by atoms with Gasteiger partial charge in [-0.25, -0.2) is 4.98 Å². The average Bonchev–Trinajstić information content (AvgIpc) is 3.23. The van der Waals surface area contributed by atoms with Crippen LogP contribution in [0.5, 0.6) is 0 Å². The molecule has 114 valence electrons. The van der Waals surface area contributed by atoms with Crippen molar-refractivity contribution in [3.05, 3.63) is 30.1 Å². The molecule has 0 aromatic carbocycles. The van der Waals surface area contributed by atoms with E-state index in [-0.39, 0.29) is 0 Å². The van der Waals surface area contributed by atoms with Crippen molar-refractivity contribution in [1.29, 1.82) is 0 Å². The van der Waals surface area contributed by atoms with Crippen LogP contribution in [0.15, 0.2) is 24.4 Å². The molecule has 0 spiro atoms. The van der Waals surface area contributed by atoms with E-state index in [1.165, 1.54) is 24.4 Å². The quantitative estimate of drug-likeness (QED) is 0.849. The molecule has 1 aliphatic carbocycles. The standard InChI is InChI=1S/C17H26N4/c1-4-20(14-8-9-14)17-15(12-18-11-13(2)3)21-10-6-5-7-16(21)19-17/h5-7,10,13-14,18H,4,8-9,11-12H2,1-3H3. The number of nitrogens with zero attached hydrogens (tertiary/aromatic N) is 3. The lowest BCUT2D eigenvalue weighted by Crippen LogP contribution is -2.28. The summed E-state index contributed by atoms with van der Waals surface area (Å²) in [6, 6.07) is 6.93. The molecule has 4 heteroatoms. The minimum absolute atomic E-state index is 0.665. The van der Waals surface area contributed by atoms with Crippen molar-refractivity contribution in [3.63, 3.8) is 0 Å². The molecular formula is C17H26N4. The van der Waals surface area contributed by atoms with Crippen molar-refractivity contribution >= 4 is 11.5 Å². The van der Waals surface area contributed by atoms with Crippen LogP contribution in [0.25, 0.3) is 5.65 Å². The molecule has 1 fully saturated rings. The third-order valence-electron chi connectivity index (χ3n) is 4.05. The Balaban J connectivity index is 1.93. The fraction of sp³-hybridized carbons (Fsp3) is 0.588. The van der Waals surface area contributed by atoms with Gasteiger partial charge in [0.2, 0.25) is 0 Å². The first kappa shape index (κ1) is 14.4. The molecule has 1 N–H and O–H groups in total. The van der Waals surface area contributed by atoms with E-state index >= 15 is 0 Å². The first-order valence-corrected chi connectivity index (χ1v) is 8.14. The smallest absolute Gasteiger partial charge is 0.152 e. The molecule has 2 heterocycles. The Hall–Kier alpha value is -1.55. The first-order valence-electron chi connectivity index (χ1n) is 8.14. The second-order valence-electron chi connectivity index (χ2n) is 6.35. The van der Waals surface area contributed by atoms with Crippen LogP contribution in [0.4, 0.5) is 5.82 Å². The van der Waals surface area contributed by atoms with Crippen LogP contribution in [0.3, 0.4) is 0 Å². The molecule has 4 nitrogen and oxygen atoms in total. The maximum absolute atomic E-state index is 4.89. The van der Waals surface area contributed by atoms with Crippen molar-refractivity contribution in [1.82, 2.24) is 14.7 Å². The van der Waals surface area contributed by atoms with E-state index in [2.05, 4.69) is 59.8 Å². The van der Waals surface area contributed by atoms with Crippen molar-refractivity contribution < 1.29 is 0 Å². The van der Waals surface area contributed by atoms with Gasteiger partial charge < -0.3 is 14.6 Å². The van der Waals surface area contributed by atoms with Crippen molar-refractivity contribution in [2.75, 3.05) is 18.0 Å². The molecule has 0 bridgehead atoms. The molecule has 3 rings (SSSR count). The number of hydrogen-bond acceptors (Lipinski definition) is 3. The highest BCUT2D eigenvalue weighted by molar-refractivity contribution is 5.57. The summed E-state index contributed by atoms with van der Waals surface area (Å²) < 4.78 is 2.23. The molecule has 0 amide bonds. The summed E-state index contributed by atoms with van der Waals surface area (Å²) in [5.74, 6) is 1.83. The molecule has 1 saturated carbocycles.